The van der Waals surface area contributed by atoms with Crippen LogP contribution in [0.2, 0.25) is 0 Å². The molecule has 2 saturated carbocycles. The van der Waals surface area contributed by atoms with Crippen LogP contribution in [0, 0.1) is 0 Å². The van der Waals surface area contributed by atoms with E-state index in [0.717, 1.165) is 12.1 Å². The van der Waals surface area contributed by atoms with Gasteiger partial charge in [-0.25, -0.2) is 0 Å². The topological polar surface area (TPSA) is 15.3 Å². The maximum atomic E-state index is 3.96. The van der Waals surface area contributed by atoms with Crippen LogP contribution in [-0.4, -0.2) is 35.6 Å². The first-order chi connectivity index (χ1) is 9.33. The van der Waals surface area contributed by atoms with E-state index in [-0.39, 0.29) is 0 Å². The highest BCUT2D eigenvalue weighted by atomic mass is 15.3. The maximum Gasteiger partial charge on any atom is 0.0309 e. The fourth-order valence-corrected chi connectivity index (χ4v) is 4.81. The molecule has 0 bridgehead atoms. The minimum absolute atomic E-state index is 0.502. The van der Waals surface area contributed by atoms with Gasteiger partial charge in [0.25, 0.3) is 0 Å². The van der Waals surface area contributed by atoms with Gasteiger partial charge in [0.1, 0.15) is 0 Å². The first-order valence-corrected chi connectivity index (χ1v) is 8.84. The van der Waals surface area contributed by atoms with Gasteiger partial charge in [0.15, 0.2) is 0 Å². The maximum absolute atomic E-state index is 3.96. The average Bonchev–Trinajstić information content (AvgIpc) is 2.91. The molecule has 1 saturated heterocycles. The second kappa shape index (κ2) is 6.13. The highest BCUT2D eigenvalue weighted by Gasteiger charge is 2.42. The summed E-state index contributed by atoms with van der Waals surface area (Å²) in [7, 11) is 0. The van der Waals surface area contributed by atoms with Crippen LogP contribution in [0.3, 0.4) is 0 Å². The highest BCUT2D eigenvalue weighted by Crippen LogP contribution is 2.36. The minimum Gasteiger partial charge on any atom is -0.308 e. The fourth-order valence-electron chi connectivity index (χ4n) is 4.81. The molecule has 2 heteroatoms. The van der Waals surface area contributed by atoms with Crippen molar-refractivity contribution < 1.29 is 0 Å². The van der Waals surface area contributed by atoms with Crippen LogP contribution >= 0.6 is 0 Å². The number of piperazine rings is 1. The van der Waals surface area contributed by atoms with Gasteiger partial charge in [-0.3, -0.25) is 4.90 Å². The predicted octanol–water partition coefficient (Wildman–Crippen LogP) is 3.71. The first kappa shape index (κ1) is 13.9. The van der Waals surface area contributed by atoms with Crippen LogP contribution < -0.4 is 5.32 Å². The van der Waals surface area contributed by atoms with Gasteiger partial charge in [-0.1, -0.05) is 45.4 Å². The second-order valence-electron chi connectivity index (χ2n) is 7.28. The molecule has 1 unspecified atom stereocenters. The third-order valence-electron chi connectivity index (χ3n) is 5.89. The lowest BCUT2D eigenvalue weighted by atomic mass is 9.86. The number of hydrogen-bond acceptors (Lipinski definition) is 2. The van der Waals surface area contributed by atoms with E-state index in [9.17, 15) is 0 Å². The van der Waals surface area contributed by atoms with Crippen molar-refractivity contribution in [3.05, 3.63) is 0 Å². The zero-order chi connectivity index (χ0) is 13.1. The van der Waals surface area contributed by atoms with E-state index < -0.39 is 0 Å². The van der Waals surface area contributed by atoms with E-state index in [1.807, 2.05) is 0 Å². The Labute approximate surface area is 119 Å². The van der Waals surface area contributed by atoms with Gasteiger partial charge in [0.05, 0.1) is 0 Å². The molecule has 0 amide bonds. The average molecular weight is 264 g/mol. The van der Waals surface area contributed by atoms with E-state index in [1.54, 1.807) is 0 Å². The molecule has 0 aromatic rings. The van der Waals surface area contributed by atoms with Gasteiger partial charge in [-0.15, -0.1) is 0 Å². The lowest BCUT2D eigenvalue weighted by molar-refractivity contribution is 0.0244. The molecule has 1 aliphatic heterocycles. The molecule has 1 atom stereocenters. The summed E-state index contributed by atoms with van der Waals surface area (Å²) in [6, 6.07) is 1.73. The molecule has 110 valence electrons. The molecular formula is C17H32N2. The number of hydrogen-bond donors (Lipinski definition) is 1. The van der Waals surface area contributed by atoms with E-state index in [0.29, 0.717) is 5.54 Å². The molecule has 0 aromatic heterocycles. The van der Waals surface area contributed by atoms with E-state index in [4.69, 9.17) is 0 Å². The van der Waals surface area contributed by atoms with Crippen molar-refractivity contribution >= 4 is 0 Å². The largest absolute Gasteiger partial charge is 0.308 e. The zero-order valence-electron chi connectivity index (χ0n) is 12.8. The molecule has 0 aromatic carbocycles. The van der Waals surface area contributed by atoms with Crippen LogP contribution in [0.15, 0.2) is 0 Å². The summed E-state index contributed by atoms with van der Waals surface area (Å²) in [5, 5.41) is 3.96. The third-order valence-corrected chi connectivity index (χ3v) is 5.89. The van der Waals surface area contributed by atoms with Crippen molar-refractivity contribution in [1.29, 1.82) is 0 Å². The standard InChI is InChI=1S/C17H32N2/c1-2-8-16-13-18-17(11-6-7-12-17)14-19(16)15-9-4-3-5-10-15/h15-16,18H,2-14H2,1H3. The van der Waals surface area contributed by atoms with Crippen LogP contribution in [0.4, 0.5) is 0 Å². The number of nitrogens with one attached hydrogen (secondary N) is 1. The molecular weight excluding hydrogens is 232 g/mol. The molecule has 2 nitrogen and oxygen atoms in total. The van der Waals surface area contributed by atoms with Crippen molar-refractivity contribution in [2.45, 2.75) is 95.2 Å². The second-order valence-corrected chi connectivity index (χ2v) is 7.28. The van der Waals surface area contributed by atoms with E-state index in [1.165, 1.54) is 83.7 Å². The fraction of sp³-hybridized carbons (Fsp3) is 1.00. The molecule has 1 spiro atoms. The molecule has 3 rings (SSSR count). The van der Waals surface area contributed by atoms with Crippen molar-refractivity contribution in [1.82, 2.24) is 10.2 Å². The monoisotopic (exact) mass is 264 g/mol. The Bertz CT molecular complexity index is 272. The van der Waals surface area contributed by atoms with E-state index in [2.05, 4.69) is 17.1 Å². The van der Waals surface area contributed by atoms with Crippen molar-refractivity contribution in [3.63, 3.8) is 0 Å². The summed E-state index contributed by atoms with van der Waals surface area (Å²) in [6.07, 6.45) is 15.8. The summed E-state index contributed by atoms with van der Waals surface area (Å²) in [5.74, 6) is 0. The lowest BCUT2D eigenvalue weighted by Crippen LogP contribution is -2.65. The normalized spacial score (nSPS) is 33.0. The van der Waals surface area contributed by atoms with Crippen molar-refractivity contribution in [3.8, 4) is 0 Å². The molecule has 3 fully saturated rings. The van der Waals surface area contributed by atoms with Crippen LogP contribution in [0.5, 0.6) is 0 Å². The van der Waals surface area contributed by atoms with Gasteiger partial charge >= 0.3 is 0 Å². The third kappa shape index (κ3) is 3.00. The minimum atomic E-state index is 0.502. The van der Waals surface area contributed by atoms with Gasteiger partial charge in [0.2, 0.25) is 0 Å². The van der Waals surface area contributed by atoms with Crippen molar-refractivity contribution in [2.24, 2.45) is 0 Å². The van der Waals surface area contributed by atoms with Crippen LogP contribution in [0.25, 0.3) is 0 Å². The van der Waals surface area contributed by atoms with Crippen molar-refractivity contribution in [2.75, 3.05) is 13.1 Å². The van der Waals surface area contributed by atoms with Gasteiger partial charge in [0, 0.05) is 30.7 Å². The summed E-state index contributed by atoms with van der Waals surface area (Å²) >= 11 is 0. The quantitative estimate of drug-likeness (QED) is 0.836. The predicted molar refractivity (Wildman–Crippen MR) is 81.5 cm³/mol. The SMILES string of the molecule is CCCC1CNC2(CCCC2)CN1C1CCCCC1. The van der Waals surface area contributed by atoms with Gasteiger partial charge in [-0.2, -0.15) is 0 Å². The Hall–Kier alpha value is -0.0800. The highest BCUT2D eigenvalue weighted by molar-refractivity contribution is 5.02. The Morgan fingerprint density at radius 2 is 1.79 bits per heavy atom. The number of nitrogens with zero attached hydrogens (tertiary/aromatic N) is 1. The summed E-state index contributed by atoms with van der Waals surface area (Å²) < 4.78 is 0. The Balaban J connectivity index is 1.69. The summed E-state index contributed by atoms with van der Waals surface area (Å²) in [5.41, 5.74) is 0.502. The van der Waals surface area contributed by atoms with E-state index >= 15 is 0 Å². The van der Waals surface area contributed by atoms with Crippen LogP contribution in [0.1, 0.15) is 77.6 Å². The zero-order valence-corrected chi connectivity index (χ0v) is 12.8. The lowest BCUT2D eigenvalue weighted by Gasteiger charge is -2.50. The van der Waals surface area contributed by atoms with Gasteiger partial charge < -0.3 is 5.32 Å². The Morgan fingerprint density at radius 3 is 2.47 bits per heavy atom. The molecule has 3 aliphatic rings. The first-order valence-electron chi connectivity index (χ1n) is 8.84. The molecule has 1 heterocycles. The number of rotatable bonds is 3. The molecule has 19 heavy (non-hydrogen) atoms. The Morgan fingerprint density at radius 1 is 1.05 bits per heavy atom. The molecule has 0 radical (unpaired) electrons. The Kier molecular flexibility index (Phi) is 4.48. The molecule has 2 aliphatic carbocycles. The van der Waals surface area contributed by atoms with Gasteiger partial charge in [-0.05, 0) is 32.1 Å². The van der Waals surface area contributed by atoms with Crippen LogP contribution in [-0.2, 0) is 0 Å². The molecule has 1 N–H and O–H groups in total. The summed E-state index contributed by atoms with van der Waals surface area (Å²) in [6.45, 7) is 4.95. The smallest absolute Gasteiger partial charge is 0.0309 e. The summed E-state index contributed by atoms with van der Waals surface area (Å²) in [4.78, 5) is 2.95.